The summed E-state index contributed by atoms with van der Waals surface area (Å²) in [5, 5.41) is 0.576. The molecule has 1 aliphatic heterocycles. The minimum absolute atomic E-state index is 0.00493. The predicted molar refractivity (Wildman–Crippen MR) is 82.5 cm³/mol. The van der Waals surface area contributed by atoms with Gasteiger partial charge in [0.05, 0.1) is 11.5 Å². The molecule has 2 N–H and O–H groups in total. The molecule has 1 aromatic carbocycles. The molecule has 0 bridgehead atoms. The summed E-state index contributed by atoms with van der Waals surface area (Å²) in [6.45, 7) is -2.59. The van der Waals surface area contributed by atoms with Gasteiger partial charge in [-0.25, -0.2) is 4.79 Å². The van der Waals surface area contributed by atoms with Crippen molar-refractivity contribution in [1.29, 1.82) is 0 Å². The second kappa shape index (κ2) is 5.77. The second-order valence-electron chi connectivity index (χ2n) is 4.94. The highest BCUT2D eigenvalue weighted by Gasteiger charge is 2.22. The zero-order valence-electron chi connectivity index (χ0n) is 20.6. The molecule has 0 saturated carbocycles. The van der Waals surface area contributed by atoms with Crippen LogP contribution >= 0.6 is 0 Å². The molecule has 0 aliphatic carbocycles. The van der Waals surface area contributed by atoms with E-state index in [4.69, 9.17) is 17.2 Å². The topological polar surface area (TPSA) is 57.4 Å². The van der Waals surface area contributed by atoms with Gasteiger partial charge >= 0.3 is 6.09 Å². The molecule has 0 unspecified atom stereocenters. The van der Waals surface area contributed by atoms with Crippen LogP contribution in [-0.2, 0) is 17.6 Å². The quantitative estimate of drug-likeness (QED) is 0.886. The monoisotopic (exact) mass is 296 g/mol. The number of benzene rings is 1. The fourth-order valence-corrected chi connectivity index (χ4v) is 2.17. The third kappa shape index (κ3) is 3.19. The van der Waals surface area contributed by atoms with Gasteiger partial charge in [-0.3, -0.25) is 0 Å². The first kappa shape index (κ1) is 6.83. The van der Waals surface area contributed by atoms with Crippen LogP contribution in [0, 0.1) is 0 Å². The lowest BCUT2D eigenvalue weighted by Gasteiger charge is -2.09. The van der Waals surface area contributed by atoms with Crippen LogP contribution in [0.3, 0.4) is 0 Å². The molecule has 3 rings (SSSR count). The van der Waals surface area contributed by atoms with Crippen molar-refractivity contribution in [2.24, 2.45) is 0 Å². The highest BCUT2D eigenvalue weighted by molar-refractivity contribution is 5.84. The number of cyclic esters (lactones) is 1. The molecule has 5 nitrogen and oxygen atoms in total. The number of fused-ring (bicyclic) bond motifs is 1. The van der Waals surface area contributed by atoms with Crippen LogP contribution in [0.2, 0.25) is 2.82 Å². The van der Waals surface area contributed by atoms with Crippen molar-refractivity contribution in [3.05, 3.63) is 35.5 Å². The highest BCUT2D eigenvalue weighted by Crippen LogP contribution is 2.21. The Morgan fingerprint density at radius 3 is 3.33 bits per heavy atom. The van der Waals surface area contributed by atoms with Crippen molar-refractivity contribution in [3.63, 3.8) is 0 Å². The van der Waals surface area contributed by atoms with Crippen LogP contribution in [0.5, 0.6) is 0 Å². The van der Waals surface area contributed by atoms with E-state index in [1.54, 1.807) is 0 Å². The molecule has 21 heavy (non-hydrogen) atoms. The molecule has 112 valence electrons. The first-order valence-corrected chi connectivity index (χ1v) is 6.57. The maximum absolute atomic E-state index is 11.5. The summed E-state index contributed by atoms with van der Waals surface area (Å²) in [6.07, 6.45) is 0.213. The van der Waals surface area contributed by atoms with E-state index in [0.29, 0.717) is 10.9 Å². The third-order valence-corrected chi connectivity index (χ3v) is 3.22. The Morgan fingerprint density at radius 2 is 2.57 bits per heavy atom. The van der Waals surface area contributed by atoms with Crippen LogP contribution in [-0.4, -0.2) is 49.2 Å². The van der Waals surface area contributed by atoms with Gasteiger partial charge in [0.2, 0.25) is 0 Å². The summed E-state index contributed by atoms with van der Waals surface area (Å²) in [5.74, 6) is 0. The smallest absolute Gasteiger partial charge is 0.407 e. The van der Waals surface area contributed by atoms with Crippen molar-refractivity contribution >= 4 is 17.0 Å². The molecule has 2 aromatic rings. The number of alkyl carbamates (subject to hydrolysis) is 1. The van der Waals surface area contributed by atoms with Gasteiger partial charge < -0.3 is 19.9 Å². The number of ether oxygens (including phenoxy) is 1. The SMILES string of the molecule is [2H]c1c(C[C@@]2([2H])COC(=O)N2[2H])c([2H])c2c(CCN(C)C([2H])([2H])[2H])cn([2H])c2c1[2H]. The van der Waals surface area contributed by atoms with E-state index in [1.807, 2.05) is 0 Å². The maximum Gasteiger partial charge on any atom is 0.407 e. The molecule has 0 radical (unpaired) electrons. The molecule has 0 spiro atoms. The van der Waals surface area contributed by atoms with Gasteiger partial charge in [-0.1, -0.05) is 6.04 Å². The summed E-state index contributed by atoms with van der Waals surface area (Å²) >= 11 is 0. The Morgan fingerprint density at radius 1 is 1.67 bits per heavy atom. The fraction of sp³-hybridized carbons (Fsp3) is 0.438. The number of carbonyl (C=O) groups excluding carboxylic acids is 1. The number of amides is 1. The van der Waals surface area contributed by atoms with E-state index in [9.17, 15) is 4.79 Å². The van der Waals surface area contributed by atoms with Gasteiger partial charge in [-0.15, -0.1) is 0 Å². The van der Waals surface area contributed by atoms with Crippen LogP contribution in [0.25, 0.3) is 10.9 Å². The number of H-pyrrole nitrogens is 1. The number of rotatable bonds is 5. The van der Waals surface area contributed by atoms with Crippen LogP contribution in [0.1, 0.15) is 20.7 Å². The first-order chi connectivity index (χ1) is 13.8. The Bertz CT molecular complexity index is 1010. The van der Waals surface area contributed by atoms with Gasteiger partial charge in [0.25, 0.3) is 0 Å². The molecule has 1 atom stereocenters. The van der Waals surface area contributed by atoms with Crippen LogP contribution in [0.15, 0.2) is 24.3 Å². The van der Waals surface area contributed by atoms with Crippen LogP contribution in [0.4, 0.5) is 4.79 Å². The molecular formula is C16H21N3O2. The lowest BCUT2D eigenvalue weighted by molar-refractivity contribution is 0.177. The van der Waals surface area contributed by atoms with Crippen molar-refractivity contribution < 1.29 is 22.0 Å². The van der Waals surface area contributed by atoms with E-state index in [1.165, 1.54) is 13.2 Å². The Hall–Kier alpha value is -2.01. The molecule has 1 amide bonds. The lowest BCUT2D eigenvalue weighted by Crippen LogP contribution is -2.28. The Balaban J connectivity index is 2.07. The third-order valence-electron chi connectivity index (χ3n) is 3.22. The van der Waals surface area contributed by atoms with Gasteiger partial charge in [0, 0.05) is 27.8 Å². The van der Waals surface area contributed by atoms with Gasteiger partial charge in [-0.05, 0) is 50.1 Å². The van der Waals surface area contributed by atoms with Gasteiger partial charge in [0.1, 0.15) is 6.61 Å². The molecular weight excluding hydrogens is 266 g/mol. The van der Waals surface area contributed by atoms with Gasteiger partial charge in [0.15, 0.2) is 2.82 Å². The maximum atomic E-state index is 11.5. The molecule has 1 saturated heterocycles. The van der Waals surface area contributed by atoms with Gasteiger partial charge in [-0.2, -0.15) is 0 Å². The number of hydrogen-bond acceptors (Lipinski definition) is 3. The van der Waals surface area contributed by atoms with E-state index >= 15 is 0 Å². The van der Waals surface area contributed by atoms with Crippen molar-refractivity contribution in [3.8, 4) is 0 Å². The summed E-state index contributed by atoms with van der Waals surface area (Å²) < 4.78 is 76.3. The summed E-state index contributed by atoms with van der Waals surface area (Å²) in [4.78, 5) is 13.5. The minimum atomic E-state index is -2.30. The zero-order chi connectivity index (χ0) is 22.6. The molecule has 1 aliphatic rings. The average Bonchev–Trinajstić information content (AvgIpc) is 3.12. The molecule has 5 heteroatoms. The summed E-state index contributed by atoms with van der Waals surface area (Å²) in [6, 6.07) is -2.69. The lowest BCUT2D eigenvalue weighted by atomic mass is 10.0. The zero-order valence-corrected chi connectivity index (χ0v) is 11.6. The standard InChI is InChI=1S/C16H21N3O2/c1-19(2)6-5-12-9-17-15-4-3-11(8-14(12)15)7-13-10-21-16(20)18-13/h3-4,8-9,13,17H,5-7,10H2,1-2H3,(H,18,20)/t13-/m0/s1/i1D3,3D,4D,8D,13D/hD2. The summed E-state index contributed by atoms with van der Waals surface area (Å²) in [5.41, 5.74) is 0.506. The van der Waals surface area contributed by atoms with Crippen molar-refractivity contribution in [1.82, 2.24) is 15.2 Å². The normalized spacial score (nSPS) is 29.0. The number of nitrogens with zero attached hydrogens (tertiary/aromatic N) is 1. The molecule has 1 aromatic heterocycles. The van der Waals surface area contributed by atoms with E-state index in [0.717, 1.165) is 9.88 Å². The predicted octanol–water partition coefficient (Wildman–Crippen LogP) is 1.92. The number of aromatic amines is 1. The van der Waals surface area contributed by atoms with Crippen molar-refractivity contribution in [2.75, 3.05) is 27.2 Å². The summed E-state index contributed by atoms with van der Waals surface area (Å²) in [7, 11) is 1.43. The number of hydrogen-bond donors (Lipinski definition) is 2. The molecule has 2 heterocycles. The Labute approximate surface area is 137 Å². The number of likely N-dealkylation sites (N-methyl/N-ethyl adjacent to an activating group) is 1. The average molecular weight is 296 g/mol. The van der Waals surface area contributed by atoms with E-state index in [-0.39, 0.29) is 54.0 Å². The number of carbonyl (C=O) groups is 1. The number of nitrogens with one attached hydrogen (secondary N) is 2. The van der Waals surface area contributed by atoms with Crippen molar-refractivity contribution in [2.45, 2.75) is 18.9 Å². The number of aromatic nitrogens is 1. The van der Waals surface area contributed by atoms with E-state index in [2.05, 4.69) is 0 Å². The molecule has 1 fully saturated rings. The Kier molecular flexibility index (Phi) is 1.88. The highest BCUT2D eigenvalue weighted by atomic mass is 16.6. The minimum Gasteiger partial charge on any atom is -0.447 e. The largest absolute Gasteiger partial charge is 0.447 e. The fourth-order valence-electron chi connectivity index (χ4n) is 2.17. The first-order valence-electron chi connectivity index (χ1n) is 11.0. The second-order valence-corrected chi connectivity index (χ2v) is 4.94. The van der Waals surface area contributed by atoms with E-state index < -0.39 is 25.7 Å². The van der Waals surface area contributed by atoms with Crippen LogP contribution < -0.4 is 5.31 Å².